The predicted molar refractivity (Wildman–Crippen MR) is 61.4 cm³/mol. The minimum Gasteiger partial charge on any atom is -0.497 e. The summed E-state index contributed by atoms with van der Waals surface area (Å²) in [6.45, 7) is -0.0156. The van der Waals surface area contributed by atoms with Crippen molar-refractivity contribution < 1.29 is 17.3 Å². The first-order chi connectivity index (χ1) is 8.10. The summed E-state index contributed by atoms with van der Waals surface area (Å²) < 4.78 is 32.9. The Morgan fingerprint density at radius 1 is 1.24 bits per heavy atom. The lowest BCUT2D eigenvalue weighted by atomic mass is 10.3. The van der Waals surface area contributed by atoms with Crippen molar-refractivity contribution in [2.24, 2.45) is 5.18 Å². The third kappa shape index (κ3) is 4.12. The molecule has 0 aliphatic carbocycles. The quantitative estimate of drug-likeness (QED) is 0.421. The summed E-state index contributed by atoms with van der Waals surface area (Å²) in [5, 5.41) is 2.61. The normalized spacial score (nSPS) is 11.1. The standard InChI is InChI=1S/C10H13NO5S/c1-15-9-3-5-10(6-4-9)17(13,14)16-8-2-7-11-12/h3-6H,2,7-8H2,1H3. The van der Waals surface area contributed by atoms with Crippen molar-refractivity contribution in [3.63, 3.8) is 0 Å². The molecule has 0 saturated carbocycles. The molecule has 17 heavy (non-hydrogen) atoms. The third-order valence-corrected chi connectivity index (χ3v) is 3.31. The molecule has 0 aromatic heterocycles. The summed E-state index contributed by atoms with van der Waals surface area (Å²) in [6, 6.07) is 5.85. The van der Waals surface area contributed by atoms with Crippen molar-refractivity contribution in [1.82, 2.24) is 0 Å². The van der Waals surface area contributed by atoms with Gasteiger partial charge in [-0.2, -0.15) is 13.3 Å². The average molecular weight is 259 g/mol. The van der Waals surface area contributed by atoms with E-state index in [0.717, 1.165) is 0 Å². The van der Waals surface area contributed by atoms with Crippen molar-refractivity contribution in [2.45, 2.75) is 11.3 Å². The van der Waals surface area contributed by atoms with Gasteiger partial charge in [-0.15, -0.1) is 0 Å². The van der Waals surface area contributed by atoms with Crippen molar-refractivity contribution in [2.75, 3.05) is 20.3 Å². The Hall–Kier alpha value is -1.47. The van der Waals surface area contributed by atoms with Gasteiger partial charge >= 0.3 is 0 Å². The Bertz CT molecular complexity index is 454. The second kappa shape index (κ2) is 6.31. The lowest BCUT2D eigenvalue weighted by Crippen LogP contribution is -2.08. The van der Waals surface area contributed by atoms with Crippen LogP contribution in [0.25, 0.3) is 0 Å². The first kappa shape index (κ1) is 13.6. The average Bonchev–Trinajstić information content (AvgIpc) is 2.35. The minimum absolute atomic E-state index is 0.0398. The largest absolute Gasteiger partial charge is 0.497 e. The molecule has 0 aliphatic rings. The van der Waals surface area contributed by atoms with E-state index < -0.39 is 10.1 Å². The smallest absolute Gasteiger partial charge is 0.296 e. The Morgan fingerprint density at radius 3 is 2.41 bits per heavy atom. The van der Waals surface area contributed by atoms with Crippen LogP contribution in [0.5, 0.6) is 5.75 Å². The lowest BCUT2D eigenvalue weighted by Gasteiger charge is -2.05. The van der Waals surface area contributed by atoms with Crippen LogP contribution in [0.4, 0.5) is 0 Å². The molecule has 0 aliphatic heterocycles. The van der Waals surface area contributed by atoms with Crippen LogP contribution in [0.3, 0.4) is 0 Å². The Balaban J connectivity index is 2.65. The van der Waals surface area contributed by atoms with Crippen LogP contribution >= 0.6 is 0 Å². The minimum atomic E-state index is -3.76. The second-order valence-electron chi connectivity index (χ2n) is 3.16. The van der Waals surface area contributed by atoms with Crippen LogP contribution < -0.4 is 4.74 Å². The topological polar surface area (TPSA) is 82.0 Å². The maximum Gasteiger partial charge on any atom is 0.296 e. The molecular weight excluding hydrogens is 246 g/mol. The fourth-order valence-electron chi connectivity index (χ4n) is 1.11. The molecule has 0 bridgehead atoms. The van der Waals surface area contributed by atoms with Crippen LogP contribution in [-0.4, -0.2) is 28.7 Å². The molecule has 0 amide bonds. The molecule has 1 aromatic carbocycles. The van der Waals surface area contributed by atoms with Crippen LogP contribution in [-0.2, 0) is 14.3 Å². The molecule has 6 nitrogen and oxygen atoms in total. The number of methoxy groups -OCH3 is 1. The summed E-state index contributed by atoms with van der Waals surface area (Å²) in [5.41, 5.74) is 0. The Morgan fingerprint density at radius 2 is 1.88 bits per heavy atom. The Kier molecular flexibility index (Phi) is 5.05. The SMILES string of the molecule is COc1ccc(S(=O)(=O)OCCCN=O)cc1. The van der Waals surface area contributed by atoms with Gasteiger partial charge in [0, 0.05) is 0 Å². The van der Waals surface area contributed by atoms with Crippen molar-refractivity contribution in [1.29, 1.82) is 0 Å². The van der Waals surface area contributed by atoms with Crippen molar-refractivity contribution >= 4 is 10.1 Å². The molecule has 0 atom stereocenters. The monoisotopic (exact) mass is 259 g/mol. The van der Waals surface area contributed by atoms with Gasteiger partial charge in [-0.25, -0.2) is 0 Å². The van der Waals surface area contributed by atoms with E-state index in [4.69, 9.17) is 8.92 Å². The van der Waals surface area contributed by atoms with Crippen molar-refractivity contribution in [3.8, 4) is 5.75 Å². The van der Waals surface area contributed by atoms with Gasteiger partial charge in [-0.05, 0) is 30.7 Å². The summed E-state index contributed by atoms with van der Waals surface area (Å²) >= 11 is 0. The van der Waals surface area contributed by atoms with E-state index in [9.17, 15) is 13.3 Å². The molecule has 0 unspecified atom stereocenters. The fourth-order valence-corrected chi connectivity index (χ4v) is 2.05. The number of rotatable bonds is 7. The lowest BCUT2D eigenvalue weighted by molar-refractivity contribution is 0.314. The summed E-state index contributed by atoms with van der Waals surface area (Å²) in [6.07, 6.45) is 0.277. The number of hydrogen-bond acceptors (Lipinski definition) is 6. The molecule has 0 spiro atoms. The predicted octanol–water partition coefficient (Wildman–Crippen LogP) is 1.56. The second-order valence-corrected chi connectivity index (χ2v) is 4.77. The van der Waals surface area contributed by atoms with Crippen LogP contribution in [0.1, 0.15) is 6.42 Å². The van der Waals surface area contributed by atoms with Crippen LogP contribution in [0.15, 0.2) is 34.3 Å². The first-order valence-electron chi connectivity index (χ1n) is 4.93. The van der Waals surface area contributed by atoms with E-state index in [2.05, 4.69) is 5.18 Å². The summed E-state index contributed by atoms with van der Waals surface area (Å²) in [4.78, 5) is 9.85. The molecule has 94 valence electrons. The van der Waals surface area contributed by atoms with E-state index in [1.165, 1.54) is 31.4 Å². The first-order valence-corrected chi connectivity index (χ1v) is 6.33. The number of hydrogen-bond donors (Lipinski definition) is 0. The molecule has 7 heteroatoms. The van der Waals surface area contributed by atoms with Gasteiger partial charge in [-0.1, -0.05) is 5.18 Å². The molecule has 1 aromatic rings. The maximum absolute atomic E-state index is 11.6. The molecule has 0 radical (unpaired) electrons. The van der Waals surface area contributed by atoms with Gasteiger partial charge in [0.05, 0.1) is 25.2 Å². The highest BCUT2D eigenvalue weighted by Crippen LogP contribution is 2.17. The van der Waals surface area contributed by atoms with Gasteiger partial charge in [0.2, 0.25) is 0 Å². The van der Waals surface area contributed by atoms with E-state index in [-0.39, 0.29) is 24.5 Å². The van der Waals surface area contributed by atoms with Gasteiger partial charge in [0.25, 0.3) is 10.1 Å². The Labute approximate surface area is 99.6 Å². The number of ether oxygens (including phenoxy) is 1. The maximum atomic E-state index is 11.6. The van der Waals surface area contributed by atoms with Crippen LogP contribution in [0, 0.1) is 4.91 Å². The zero-order chi connectivity index (χ0) is 12.7. The van der Waals surface area contributed by atoms with Gasteiger partial charge in [-0.3, -0.25) is 4.18 Å². The fraction of sp³-hybridized carbons (Fsp3) is 0.400. The van der Waals surface area contributed by atoms with E-state index in [1.54, 1.807) is 0 Å². The number of nitroso groups, excluding NO2 is 1. The van der Waals surface area contributed by atoms with E-state index >= 15 is 0 Å². The highest BCUT2D eigenvalue weighted by atomic mass is 32.2. The van der Waals surface area contributed by atoms with Gasteiger partial charge < -0.3 is 4.74 Å². The highest BCUT2D eigenvalue weighted by molar-refractivity contribution is 7.86. The molecule has 1 rings (SSSR count). The van der Waals surface area contributed by atoms with Gasteiger partial charge in [0.15, 0.2) is 0 Å². The molecule has 0 heterocycles. The molecular formula is C10H13NO5S. The number of benzene rings is 1. The summed E-state index contributed by atoms with van der Waals surface area (Å²) in [5.74, 6) is 0.564. The molecule has 0 fully saturated rings. The van der Waals surface area contributed by atoms with Crippen molar-refractivity contribution in [3.05, 3.63) is 29.2 Å². The third-order valence-electron chi connectivity index (χ3n) is 1.98. The van der Waals surface area contributed by atoms with Gasteiger partial charge in [0.1, 0.15) is 5.75 Å². The van der Waals surface area contributed by atoms with Crippen LogP contribution in [0.2, 0.25) is 0 Å². The molecule has 0 saturated heterocycles. The van der Waals surface area contributed by atoms with E-state index in [1.807, 2.05) is 0 Å². The number of nitrogens with zero attached hydrogens (tertiary/aromatic N) is 1. The molecule has 0 N–H and O–H groups in total. The summed E-state index contributed by atoms with van der Waals surface area (Å²) in [7, 11) is -2.27. The highest BCUT2D eigenvalue weighted by Gasteiger charge is 2.14. The zero-order valence-electron chi connectivity index (χ0n) is 9.33. The zero-order valence-corrected chi connectivity index (χ0v) is 10.1. The van der Waals surface area contributed by atoms with E-state index in [0.29, 0.717) is 5.75 Å².